The zero-order valence-corrected chi connectivity index (χ0v) is 19.6. The fourth-order valence-corrected chi connectivity index (χ4v) is 3.84. The molecule has 1 amide bonds. The van der Waals surface area contributed by atoms with Gasteiger partial charge in [0.2, 0.25) is 5.82 Å². The maximum absolute atomic E-state index is 11.5. The number of amides is 1. The summed E-state index contributed by atoms with van der Waals surface area (Å²) in [5.41, 5.74) is 2.38. The number of aryl methyl sites for hydroxylation is 1. The second kappa shape index (κ2) is 8.68. The van der Waals surface area contributed by atoms with Crippen LogP contribution in [0.2, 0.25) is 0 Å². The fourth-order valence-electron chi connectivity index (χ4n) is 3.84. The minimum atomic E-state index is -1.20. The Labute approximate surface area is 201 Å². The van der Waals surface area contributed by atoms with E-state index in [0.29, 0.717) is 23.1 Å². The van der Waals surface area contributed by atoms with Gasteiger partial charge in [-0.3, -0.25) is 0 Å². The van der Waals surface area contributed by atoms with Crippen molar-refractivity contribution in [3.8, 4) is 11.4 Å². The van der Waals surface area contributed by atoms with Crippen molar-refractivity contribution < 1.29 is 28.3 Å². The number of carbonyl (C=O) groups is 1. The number of fused-ring (bicyclic) bond motifs is 1. The fraction of sp³-hybridized carbons (Fsp3) is 0.269. The molecule has 1 aliphatic rings. The molecule has 2 N–H and O–H groups in total. The molecule has 9 nitrogen and oxygen atoms in total. The molecule has 9 heteroatoms. The molecule has 5 rings (SSSR count). The molecule has 0 unspecified atom stereocenters. The molecule has 180 valence electrons. The minimum Gasteiger partial charge on any atom is -0.465 e. The highest BCUT2D eigenvalue weighted by Crippen LogP contribution is 2.35. The van der Waals surface area contributed by atoms with E-state index in [4.69, 9.17) is 18.4 Å². The lowest BCUT2D eigenvalue weighted by Gasteiger charge is -2.41. The topological polar surface area (TPSA) is 120 Å². The molecule has 1 aliphatic heterocycles. The summed E-state index contributed by atoms with van der Waals surface area (Å²) in [6, 6.07) is 15.4. The van der Waals surface area contributed by atoms with Crippen LogP contribution >= 0.6 is 0 Å². The van der Waals surface area contributed by atoms with E-state index < -0.39 is 17.4 Å². The molecule has 1 fully saturated rings. The Bertz CT molecular complexity index is 1390. The number of aromatic nitrogens is 2. The first kappa shape index (κ1) is 22.8. The Kier molecular flexibility index (Phi) is 5.66. The average Bonchev–Trinajstić information content (AvgIpc) is 3.47. The third-order valence-corrected chi connectivity index (χ3v) is 5.86. The highest BCUT2D eigenvalue weighted by molar-refractivity contribution is 5.83. The number of hydrogen-bond donors (Lipinski definition) is 2. The van der Waals surface area contributed by atoms with Gasteiger partial charge in [-0.25, -0.2) is 4.79 Å². The molecule has 0 aliphatic carbocycles. The summed E-state index contributed by atoms with van der Waals surface area (Å²) in [5, 5.41) is 16.8. The van der Waals surface area contributed by atoms with Crippen LogP contribution in [0.5, 0.6) is 0 Å². The van der Waals surface area contributed by atoms with E-state index in [0.717, 1.165) is 16.5 Å². The molecule has 0 bridgehead atoms. The van der Waals surface area contributed by atoms with Gasteiger partial charge >= 0.3 is 6.09 Å². The highest BCUT2D eigenvalue weighted by Gasteiger charge is 2.45. The van der Waals surface area contributed by atoms with Gasteiger partial charge < -0.3 is 28.8 Å². The molecular weight excluding hydrogens is 450 g/mol. The SMILES string of the molecule is Cc1ccc(/C=C/c2nc(-c3ccc4oc(C5(NC(=O)O)COC(C)(C)OC5)cc4c3)no2)cc1. The lowest BCUT2D eigenvalue weighted by Crippen LogP contribution is -2.58. The Balaban J connectivity index is 1.41. The van der Waals surface area contributed by atoms with Crippen molar-refractivity contribution in [2.24, 2.45) is 0 Å². The number of carboxylic acid groups (broad SMARTS) is 1. The number of benzene rings is 2. The molecule has 0 radical (unpaired) electrons. The van der Waals surface area contributed by atoms with Gasteiger partial charge in [0.25, 0.3) is 5.89 Å². The van der Waals surface area contributed by atoms with E-state index in [-0.39, 0.29) is 13.2 Å². The number of ether oxygens (including phenoxy) is 2. The van der Waals surface area contributed by atoms with Gasteiger partial charge in [0, 0.05) is 17.0 Å². The summed E-state index contributed by atoms with van der Waals surface area (Å²) >= 11 is 0. The zero-order chi connectivity index (χ0) is 24.6. The molecule has 0 spiro atoms. The van der Waals surface area contributed by atoms with Crippen LogP contribution < -0.4 is 5.32 Å². The van der Waals surface area contributed by atoms with Crippen molar-refractivity contribution in [1.82, 2.24) is 15.5 Å². The first-order valence-corrected chi connectivity index (χ1v) is 11.1. The smallest absolute Gasteiger partial charge is 0.405 e. The Hall–Kier alpha value is -3.95. The largest absolute Gasteiger partial charge is 0.465 e. The van der Waals surface area contributed by atoms with E-state index in [1.165, 1.54) is 5.56 Å². The quantitative estimate of drug-likeness (QED) is 0.404. The van der Waals surface area contributed by atoms with Gasteiger partial charge in [0.1, 0.15) is 16.9 Å². The maximum Gasteiger partial charge on any atom is 0.405 e. The average molecular weight is 476 g/mol. The lowest BCUT2D eigenvalue weighted by atomic mass is 9.96. The van der Waals surface area contributed by atoms with Crippen LogP contribution in [0.4, 0.5) is 4.79 Å². The zero-order valence-electron chi connectivity index (χ0n) is 19.6. The number of nitrogens with zero attached hydrogens (tertiary/aromatic N) is 2. The number of hydrogen-bond acceptors (Lipinski definition) is 7. The van der Waals surface area contributed by atoms with Crippen LogP contribution in [0.15, 0.2) is 57.5 Å². The van der Waals surface area contributed by atoms with Crippen molar-refractivity contribution in [1.29, 1.82) is 0 Å². The summed E-state index contributed by atoms with van der Waals surface area (Å²) in [7, 11) is 0. The Morgan fingerprint density at radius 1 is 1.06 bits per heavy atom. The second-order valence-corrected chi connectivity index (χ2v) is 9.05. The van der Waals surface area contributed by atoms with E-state index in [9.17, 15) is 9.90 Å². The van der Waals surface area contributed by atoms with E-state index in [1.54, 1.807) is 32.1 Å². The summed E-state index contributed by atoms with van der Waals surface area (Å²) < 4.78 is 22.9. The van der Waals surface area contributed by atoms with Crippen LogP contribution in [0.25, 0.3) is 34.5 Å². The summed E-state index contributed by atoms with van der Waals surface area (Å²) in [6.07, 6.45) is 2.48. The lowest BCUT2D eigenvalue weighted by molar-refractivity contribution is -0.274. The van der Waals surface area contributed by atoms with E-state index in [2.05, 4.69) is 15.5 Å². The molecule has 4 aromatic rings. The normalized spacial score (nSPS) is 17.1. The van der Waals surface area contributed by atoms with Crippen LogP contribution in [-0.2, 0) is 15.0 Å². The molecule has 0 atom stereocenters. The van der Waals surface area contributed by atoms with Gasteiger partial charge in [0.15, 0.2) is 5.79 Å². The van der Waals surface area contributed by atoms with Crippen molar-refractivity contribution in [2.75, 3.05) is 13.2 Å². The molecule has 35 heavy (non-hydrogen) atoms. The predicted molar refractivity (Wildman–Crippen MR) is 128 cm³/mol. The minimum absolute atomic E-state index is 0.0699. The summed E-state index contributed by atoms with van der Waals surface area (Å²) in [4.78, 5) is 16.0. The first-order valence-electron chi connectivity index (χ1n) is 11.1. The van der Waals surface area contributed by atoms with E-state index >= 15 is 0 Å². The number of furan rings is 1. The van der Waals surface area contributed by atoms with Crippen molar-refractivity contribution in [2.45, 2.75) is 32.1 Å². The number of rotatable bonds is 5. The van der Waals surface area contributed by atoms with Gasteiger partial charge in [-0.1, -0.05) is 35.0 Å². The maximum atomic E-state index is 11.5. The van der Waals surface area contributed by atoms with Gasteiger partial charge in [-0.05, 0) is 56.7 Å². The second-order valence-electron chi connectivity index (χ2n) is 9.05. The third-order valence-electron chi connectivity index (χ3n) is 5.86. The monoisotopic (exact) mass is 475 g/mol. The Morgan fingerprint density at radius 2 is 1.80 bits per heavy atom. The molecule has 1 saturated heterocycles. The first-order chi connectivity index (χ1) is 16.7. The third kappa shape index (κ3) is 4.82. The molecule has 2 aromatic carbocycles. The molecule has 0 saturated carbocycles. The van der Waals surface area contributed by atoms with Crippen molar-refractivity contribution in [3.63, 3.8) is 0 Å². The summed E-state index contributed by atoms with van der Waals surface area (Å²) in [5.74, 6) is 0.407. The molecule has 2 aromatic heterocycles. The molecule has 3 heterocycles. The van der Waals surface area contributed by atoms with Gasteiger partial charge in [0.05, 0.1) is 13.2 Å². The van der Waals surface area contributed by atoms with Crippen LogP contribution in [0.3, 0.4) is 0 Å². The number of nitrogens with one attached hydrogen (secondary N) is 1. The van der Waals surface area contributed by atoms with Crippen LogP contribution in [0, 0.1) is 6.92 Å². The predicted octanol–water partition coefficient (Wildman–Crippen LogP) is 5.21. The highest BCUT2D eigenvalue weighted by atomic mass is 16.7. The van der Waals surface area contributed by atoms with Gasteiger partial charge in [-0.15, -0.1) is 0 Å². The van der Waals surface area contributed by atoms with E-state index in [1.807, 2.05) is 49.4 Å². The Morgan fingerprint density at radius 3 is 2.51 bits per heavy atom. The standard InChI is InChI=1S/C26H25N3O6/c1-16-4-6-17(7-5-16)8-11-22-27-23(29-35-22)18-9-10-20-19(12-18)13-21(34-20)26(28-24(30)31)14-32-25(2,3)33-15-26/h4-13,28H,14-15H2,1-3H3,(H,30,31)/b11-8+. The van der Waals surface area contributed by atoms with Crippen molar-refractivity contribution >= 4 is 29.2 Å². The van der Waals surface area contributed by atoms with Crippen LogP contribution in [-0.4, -0.2) is 40.3 Å². The molecular formula is C26H25N3O6. The summed E-state index contributed by atoms with van der Waals surface area (Å²) in [6.45, 7) is 5.73. The van der Waals surface area contributed by atoms with Gasteiger partial charge in [-0.2, -0.15) is 4.98 Å². The van der Waals surface area contributed by atoms with Crippen molar-refractivity contribution in [3.05, 3.63) is 71.3 Å². The van der Waals surface area contributed by atoms with Crippen LogP contribution in [0.1, 0.15) is 36.6 Å².